The maximum Gasteiger partial charge on any atom is 0.316 e. The van der Waals surface area contributed by atoms with Gasteiger partial charge in [0, 0.05) is 0 Å². The first-order chi connectivity index (χ1) is 7.66. The van der Waals surface area contributed by atoms with Crippen LogP contribution in [0, 0.1) is 0 Å². The average molecular weight is 255 g/mol. The van der Waals surface area contributed by atoms with Crippen molar-refractivity contribution in [2.75, 3.05) is 0 Å². The van der Waals surface area contributed by atoms with E-state index in [2.05, 4.69) is 15.2 Å². The first-order valence-electron chi connectivity index (χ1n) is 4.52. The maximum atomic E-state index is 10.7. The molecule has 0 aliphatic rings. The molecule has 0 bridgehead atoms. The monoisotopic (exact) mass is 255 g/mol. The Hall–Kier alpha value is -1.34. The molecule has 7 heteroatoms. The van der Waals surface area contributed by atoms with Gasteiger partial charge in [-0.1, -0.05) is 17.8 Å². The molecule has 0 fully saturated rings. The van der Waals surface area contributed by atoms with E-state index < -0.39 is 11.2 Å². The smallest absolute Gasteiger partial charge is 0.316 e. The molecule has 0 spiro atoms. The zero-order valence-corrected chi connectivity index (χ0v) is 10.0. The first-order valence-corrected chi connectivity index (χ1v) is 6.28. The first kappa shape index (κ1) is 11.2. The van der Waals surface area contributed by atoms with Gasteiger partial charge in [-0.15, -0.1) is 16.4 Å². The van der Waals surface area contributed by atoms with Crippen molar-refractivity contribution >= 4 is 29.1 Å². The summed E-state index contributed by atoms with van der Waals surface area (Å²) in [6, 6.07) is 3.86. The van der Waals surface area contributed by atoms with E-state index in [0.29, 0.717) is 11.0 Å². The van der Waals surface area contributed by atoms with Crippen molar-refractivity contribution in [2.45, 2.75) is 17.3 Å². The number of thioether (sulfide) groups is 1. The molecular weight excluding hydrogens is 246 g/mol. The Morgan fingerprint density at radius 3 is 3.12 bits per heavy atom. The number of aliphatic carboxylic acids is 1. The van der Waals surface area contributed by atoms with Crippen LogP contribution in [-0.2, 0) is 4.79 Å². The van der Waals surface area contributed by atoms with Crippen LogP contribution < -0.4 is 0 Å². The summed E-state index contributed by atoms with van der Waals surface area (Å²) in [4.78, 5) is 15.9. The van der Waals surface area contributed by atoms with Crippen LogP contribution in [0.2, 0.25) is 0 Å². The molecular formula is C9H9N3O2S2. The van der Waals surface area contributed by atoms with Crippen LogP contribution in [0.3, 0.4) is 0 Å². The molecule has 0 unspecified atom stereocenters. The molecule has 0 saturated carbocycles. The number of nitrogens with one attached hydrogen (secondary N) is 1. The molecule has 16 heavy (non-hydrogen) atoms. The Labute approximate surface area is 99.9 Å². The van der Waals surface area contributed by atoms with Gasteiger partial charge in [-0.05, 0) is 18.4 Å². The fourth-order valence-electron chi connectivity index (χ4n) is 1.03. The normalized spacial score (nSPS) is 12.6. The third-order valence-corrected chi connectivity index (χ3v) is 3.67. The highest BCUT2D eigenvalue weighted by atomic mass is 32.2. The number of carboxylic acid groups (broad SMARTS) is 1. The van der Waals surface area contributed by atoms with Gasteiger partial charge in [0.05, 0.1) is 4.88 Å². The lowest BCUT2D eigenvalue weighted by molar-refractivity contribution is -0.136. The molecule has 2 rings (SSSR count). The summed E-state index contributed by atoms with van der Waals surface area (Å²) in [6.07, 6.45) is 0. The van der Waals surface area contributed by atoms with Gasteiger partial charge in [0.15, 0.2) is 5.82 Å². The molecule has 1 atom stereocenters. The average Bonchev–Trinajstić information content (AvgIpc) is 2.85. The number of thiophene rings is 1. The zero-order chi connectivity index (χ0) is 11.5. The Bertz CT molecular complexity index is 481. The Kier molecular flexibility index (Phi) is 3.25. The minimum absolute atomic E-state index is 0.457. The van der Waals surface area contributed by atoms with Crippen molar-refractivity contribution < 1.29 is 9.90 Å². The number of nitrogens with zero attached hydrogens (tertiary/aromatic N) is 2. The number of aromatic amines is 1. The molecule has 0 radical (unpaired) electrons. The van der Waals surface area contributed by atoms with Gasteiger partial charge in [0.2, 0.25) is 5.16 Å². The number of H-pyrrole nitrogens is 1. The van der Waals surface area contributed by atoms with Gasteiger partial charge in [0.25, 0.3) is 0 Å². The van der Waals surface area contributed by atoms with E-state index in [1.165, 1.54) is 0 Å². The maximum absolute atomic E-state index is 10.7. The van der Waals surface area contributed by atoms with Gasteiger partial charge >= 0.3 is 5.97 Å². The Balaban J connectivity index is 2.11. The van der Waals surface area contributed by atoms with Crippen LogP contribution in [0.4, 0.5) is 0 Å². The van der Waals surface area contributed by atoms with E-state index in [-0.39, 0.29) is 0 Å². The summed E-state index contributed by atoms with van der Waals surface area (Å²) in [5.74, 6) is -0.192. The standard InChI is InChI=1S/C9H9N3O2S2/c1-5(8(13)14)16-9-10-7(11-12-9)6-3-2-4-15-6/h2-5H,1H3,(H,13,14)(H,10,11,12)/t5-/m1/s1. The molecule has 0 amide bonds. The second kappa shape index (κ2) is 4.67. The van der Waals surface area contributed by atoms with Gasteiger partial charge in [-0.2, -0.15) is 0 Å². The van der Waals surface area contributed by atoms with Crippen LogP contribution >= 0.6 is 23.1 Å². The molecule has 2 aromatic rings. The third kappa shape index (κ3) is 2.42. The van der Waals surface area contributed by atoms with E-state index in [1.807, 2.05) is 17.5 Å². The quantitative estimate of drug-likeness (QED) is 0.818. The van der Waals surface area contributed by atoms with Gasteiger partial charge in [0.1, 0.15) is 5.25 Å². The van der Waals surface area contributed by atoms with Crippen molar-refractivity contribution in [2.24, 2.45) is 0 Å². The van der Waals surface area contributed by atoms with Crippen LogP contribution in [0.25, 0.3) is 10.7 Å². The number of carboxylic acids is 1. The number of hydrogen-bond acceptors (Lipinski definition) is 5. The summed E-state index contributed by atoms with van der Waals surface area (Å²) in [5.41, 5.74) is 0. The third-order valence-electron chi connectivity index (χ3n) is 1.85. The molecule has 2 aromatic heterocycles. The van der Waals surface area contributed by atoms with Crippen LogP contribution in [0.1, 0.15) is 6.92 Å². The molecule has 5 nitrogen and oxygen atoms in total. The Morgan fingerprint density at radius 2 is 2.50 bits per heavy atom. The van der Waals surface area contributed by atoms with Gasteiger partial charge in [-0.3, -0.25) is 9.89 Å². The summed E-state index contributed by atoms with van der Waals surface area (Å²) >= 11 is 2.68. The second-order valence-corrected chi connectivity index (χ2v) is 5.30. The SMILES string of the molecule is C[C@@H](Sc1n[nH]c(-c2cccs2)n1)C(=O)O. The number of carbonyl (C=O) groups is 1. The summed E-state index contributed by atoms with van der Waals surface area (Å²) in [5, 5.41) is 17.4. The molecule has 0 aliphatic heterocycles. The summed E-state index contributed by atoms with van der Waals surface area (Å²) in [7, 11) is 0. The van der Waals surface area contributed by atoms with Crippen molar-refractivity contribution in [1.29, 1.82) is 0 Å². The Morgan fingerprint density at radius 1 is 1.69 bits per heavy atom. The zero-order valence-electron chi connectivity index (χ0n) is 8.38. The molecule has 2 heterocycles. The van der Waals surface area contributed by atoms with Crippen molar-refractivity contribution in [3.05, 3.63) is 17.5 Å². The molecule has 84 valence electrons. The van der Waals surface area contributed by atoms with E-state index in [1.54, 1.807) is 18.3 Å². The molecule has 2 N–H and O–H groups in total. The minimum Gasteiger partial charge on any atom is -0.480 e. The summed E-state index contributed by atoms with van der Waals surface area (Å²) < 4.78 is 0. The fraction of sp³-hybridized carbons (Fsp3) is 0.222. The molecule has 0 saturated heterocycles. The summed E-state index contributed by atoms with van der Waals surface area (Å²) in [6.45, 7) is 1.61. The molecule has 0 aromatic carbocycles. The van der Waals surface area contributed by atoms with Crippen molar-refractivity contribution in [3.8, 4) is 10.7 Å². The fourth-order valence-corrected chi connectivity index (χ4v) is 2.35. The molecule has 0 aliphatic carbocycles. The predicted octanol–water partition coefficient (Wildman–Crippen LogP) is 2.10. The van der Waals surface area contributed by atoms with E-state index in [0.717, 1.165) is 16.6 Å². The predicted molar refractivity (Wildman–Crippen MR) is 62.7 cm³/mol. The number of aromatic nitrogens is 3. The van der Waals surface area contributed by atoms with Crippen molar-refractivity contribution in [3.63, 3.8) is 0 Å². The van der Waals surface area contributed by atoms with Crippen LogP contribution in [0.5, 0.6) is 0 Å². The van der Waals surface area contributed by atoms with E-state index in [4.69, 9.17) is 5.11 Å². The highest BCUT2D eigenvalue weighted by Gasteiger charge is 2.16. The second-order valence-electron chi connectivity index (χ2n) is 3.04. The van der Waals surface area contributed by atoms with Crippen LogP contribution in [0.15, 0.2) is 22.7 Å². The topological polar surface area (TPSA) is 78.9 Å². The number of rotatable bonds is 4. The highest BCUT2D eigenvalue weighted by Crippen LogP contribution is 2.25. The number of hydrogen-bond donors (Lipinski definition) is 2. The van der Waals surface area contributed by atoms with E-state index >= 15 is 0 Å². The largest absolute Gasteiger partial charge is 0.480 e. The lowest BCUT2D eigenvalue weighted by Gasteiger charge is -1.99. The van der Waals surface area contributed by atoms with Gasteiger partial charge < -0.3 is 5.11 Å². The minimum atomic E-state index is -0.868. The lowest BCUT2D eigenvalue weighted by Crippen LogP contribution is -2.11. The van der Waals surface area contributed by atoms with Crippen molar-refractivity contribution in [1.82, 2.24) is 15.2 Å². The van der Waals surface area contributed by atoms with Gasteiger partial charge in [-0.25, -0.2) is 4.98 Å². The van der Waals surface area contributed by atoms with E-state index in [9.17, 15) is 4.79 Å². The highest BCUT2D eigenvalue weighted by molar-refractivity contribution is 8.00. The van der Waals surface area contributed by atoms with Crippen LogP contribution in [-0.4, -0.2) is 31.5 Å². The lowest BCUT2D eigenvalue weighted by atomic mass is 10.4.